The van der Waals surface area contributed by atoms with Gasteiger partial charge in [0.25, 0.3) is 0 Å². The summed E-state index contributed by atoms with van der Waals surface area (Å²) >= 11 is 0. The second-order valence-electron chi connectivity index (χ2n) is 5.87. The van der Waals surface area contributed by atoms with E-state index in [0.717, 1.165) is 17.7 Å². The van der Waals surface area contributed by atoms with E-state index in [0.29, 0.717) is 23.2 Å². The molecule has 3 rings (SSSR count). The molecule has 0 unspecified atom stereocenters. The Kier molecular flexibility index (Phi) is 5.17. The second kappa shape index (κ2) is 7.54. The lowest BCUT2D eigenvalue weighted by Crippen LogP contribution is -2.10. The highest BCUT2D eigenvalue weighted by molar-refractivity contribution is 5.92. The number of pyridine rings is 1. The van der Waals surface area contributed by atoms with Crippen molar-refractivity contribution in [1.29, 1.82) is 5.26 Å². The third kappa shape index (κ3) is 3.65. The summed E-state index contributed by atoms with van der Waals surface area (Å²) in [6, 6.07) is 10.7. The van der Waals surface area contributed by atoms with E-state index in [1.54, 1.807) is 31.2 Å². The Hall–Kier alpha value is -3.27. The third-order valence-electron chi connectivity index (χ3n) is 4.21. The molecular formula is C20H15F3N2O2. The molecule has 0 amide bonds. The minimum atomic E-state index is -3.15. The molecule has 138 valence electrons. The van der Waals surface area contributed by atoms with Crippen molar-refractivity contribution in [3.8, 4) is 17.6 Å². The molecule has 3 aromatic rings. The Morgan fingerprint density at radius 3 is 2.48 bits per heavy atom. The molecule has 0 atom stereocenters. The van der Waals surface area contributed by atoms with Gasteiger partial charge in [-0.25, -0.2) is 9.37 Å². The van der Waals surface area contributed by atoms with Crippen LogP contribution < -0.4 is 4.74 Å². The molecule has 0 spiro atoms. The van der Waals surface area contributed by atoms with Crippen LogP contribution >= 0.6 is 0 Å². The lowest BCUT2D eigenvalue weighted by Gasteiger charge is -2.18. The van der Waals surface area contributed by atoms with Crippen molar-refractivity contribution in [3.63, 3.8) is 0 Å². The van der Waals surface area contributed by atoms with Crippen LogP contribution in [0.3, 0.4) is 0 Å². The van der Waals surface area contributed by atoms with Gasteiger partial charge in [0.15, 0.2) is 0 Å². The zero-order valence-corrected chi connectivity index (χ0v) is 14.3. The van der Waals surface area contributed by atoms with Crippen molar-refractivity contribution >= 4 is 10.9 Å². The van der Waals surface area contributed by atoms with Crippen molar-refractivity contribution in [2.24, 2.45) is 0 Å². The Morgan fingerprint density at radius 1 is 1.19 bits per heavy atom. The number of aromatic nitrogens is 1. The Balaban J connectivity index is 2.25. The first-order chi connectivity index (χ1) is 12.9. The lowest BCUT2D eigenvalue weighted by molar-refractivity contribution is -0.0494. The molecular weight excluding hydrogens is 357 g/mol. The number of benzene rings is 2. The number of ether oxygens (including phenoxy) is 1. The summed E-state index contributed by atoms with van der Waals surface area (Å²) in [7, 11) is 0. The van der Waals surface area contributed by atoms with E-state index < -0.39 is 18.2 Å². The molecule has 0 saturated heterocycles. The van der Waals surface area contributed by atoms with Crippen LogP contribution in [0.1, 0.15) is 29.3 Å². The number of nitrogens with zero attached hydrogens (tertiary/aromatic N) is 2. The first-order valence-electron chi connectivity index (χ1n) is 8.21. The number of halogens is 3. The van der Waals surface area contributed by atoms with Crippen molar-refractivity contribution in [3.05, 3.63) is 64.6 Å². The summed E-state index contributed by atoms with van der Waals surface area (Å²) in [5.41, 5.74) is 1.73. The summed E-state index contributed by atoms with van der Waals surface area (Å²) in [6.45, 7) is -1.38. The molecule has 1 heterocycles. The van der Waals surface area contributed by atoms with Gasteiger partial charge in [0.05, 0.1) is 17.0 Å². The highest BCUT2D eigenvalue weighted by Crippen LogP contribution is 2.39. The average Bonchev–Trinajstić information content (AvgIpc) is 2.66. The fraction of sp³-hybridized carbons (Fsp3) is 0.200. The molecule has 0 bridgehead atoms. The van der Waals surface area contributed by atoms with Gasteiger partial charge in [0.2, 0.25) is 0 Å². The number of phenols is 1. The van der Waals surface area contributed by atoms with Gasteiger partial charge in [-0.15, -0.1) is 0 Å². The standard InChI is InChI=1S/C20H15F3N2O2/c1-2-15-13(9-11-3-5-12(10-24)6-4-11)19(27-20(22)23)17-16(26)8-7-14(21)18(17)25-15/h3-8,20,26H,2,9H2,1H3. The SMILES string of the molecule is CCc1nc2c(F)ccc(O)c2c(OC(F)F)c1Cc1ccc(C#N)cc1. The van der Waals surface area contributed by atoms with Gasteiger partial charge in [-0.3, -0.25) is 0 Å². The second-order valence-corrected chi connectivity index (χ2v) is 5.87. The average molecular weight is 372 g/mol. The number of fused-ring (bicyclic) bond motifs is 1. The van der Waals surface area contributed by atoms with E-state index in [-0.39, 0.29) is 23.1 Å². The topological polar surface area (TPSA) is 66.1 Å². The molecule has 27 heavy (non-hydrogen) atoms. The van der Waals surface area contributed by atoms with Gasteiger partial charge in [0, 0.05) is 17.7 Å². The van der Waals surface area contributed by atoms with Crippen LogP contribution in [0.15, 0.2) is 36.4 Å². The van der Waals surface area contributed by atoms with Gasteiger partial charge in [-0.05, 0) is 36.2 Å². The number of phenolic OH excluding ortho intramolecular Hbond substituents is 1. The van der Waals surface area contributed by atoms with E-state index in [2.05, 4.69) is 4.98 Å². The van der Waals surface area contributed by atoms with E-state index in [1.165, 1.54) is 0 Å². The molecule has 0 aliphatic carbocycles. The zero-order chi connectivity index (χ0) is 19.6. The fourth-order valence-electron chi connectivity index (χ4n) is 2.97. The Morgan fingerprint density at radius 2 is 1.89 bits per heavy atom. The Labute approximate surface area is 153 Å². The molecule has 0 saturated carbocycles. The molecule has 0 fully saturated rings. The van der Waals surface area contributed by atoms with Gasteiger partial charge in [-0.2, -0.15) is 14.0 Å². The molecule has 1 N–H and O–H groups in total. The largest absolute Gasteiger partial charge is 0.507 e. The van der Waals surface area contributed by atoms with E-state index >= 15 is 0 Å². The van der Waals surface area contributed by atoms with Crippen molar-refractivity contribution in [2.45, 2.75) is 26.4 Å². The van der Waals surface area contributed by atoms with Gasteiger partial charge in [0.1, 0.15) is 22.8 Å². The Bertz CT molecular complexity index is 1030. The highest BCUT2D eigenvalue weighted by atomic mass is 19.3. The molecule has 1 aromatic heterocycles. The van der Waals surface area contributed by atoms with Crippen LogP contribution in [-0.4, -0.2) is 16.7 Å². The molecule has 4 nitrogen and oxygen atoms in total. The van der Waals surface area contributed by atoms with Gasteiger partial charge in [-0.1, -0.05) is 19.1 Å². The van der Waals surface area contributed by atoms with E-state index in [1.807, 2.05) is 6.07 Å². The number of aryl methyl sites for hydroxylation is 1. The molecule has 0 radical (unpaired) electrons. The molecule has 0 aliphatic heterocycles. The van der Waals surface area contributed by atoms with Gasteiger partial charge >= 0.3 is 6.61 Å². The molecule has 7 heteroatoms. The maximum atomic E-state index is 14.2. The summed E-state index contributed by atoms with van der Waals surface area (Å²) in [5, 5.41) is 18.9. The summed E-state index contributed by atoms with van der Waals surface area (Å²) in [5.74, 6) is -1.41. The number of nitriles is 1. The molecule has 0 aliphatic rings. The first kappa shape index (κ1) is 18.5. The van der Waals surface area contributed by atoms with Crippen LogP contribution in [0, 0.1) is 17.1 Å². The smallest absolute Gasteiger partial charge is 0.387 e. The van der Waals surface area contributed by atoms with Crippen LogP contribution in [0.5, 0.6) is 11.5 Å². The monoisotopic (exact) mass is 372 g/mol. The predicted octanol–water partition coefficient (Wildman–Crippen LogP) is 4.71. The minimum absolute atomic E-state index is 0.176. The van der Waals surface area contributed by atoms with Crippen molar-refractivity contribution in [2.75, 3.05) is 0 Å². The minimum Gasteiger partial charge on any atom is -0.507 e. The van der Waals surface area contributed by atoms with E-state index in [9.17, 15) is 18.3 Å². The number of alkyl halides is 2. The van der Waals surface area contributed by atoms with Crippen LogP contribution in [0.25, 0.3) is 10.9 Å². The zero-order valence-electron chi connectivity index (χ0n) is 14.3. The highest BCUT2D eigenvalue weighted by Gasteiger charge is 2.23. The maximum Gasteiger partial charge on any atom is 0.387 e. The summed E-state index contributed by atoms with van der Waals surface area (Å²) < 4.78 is 45.1. The van der Waals surface area contributed by atoms with Crippen LogP contribution in [0.4, 0.5) is 13.2 Å². The quantitative estimate of drug-likeness (QED) is 0.705. The number of hydrogen-bond donors (Lipinski definition) is 1. The normalized spacial score (nSPS) is 11.0. The number of rotatable bonds is 5. The summed E-state index contributed by atoms with van der Waals surface area (Å²) in [6.07, 6.45) is 0.534. The predicted molar refractivity (Wildman–Crippen MR) is 93.3 cm³/mol. The first-order valence-corrected chi connectivity index (χ1v) is 8.21. The number of hydrogen-bond acceptors (Lipinski definition) is 4. The van der Waals surface area contributed by atoms with Gasteiger partial charge < -0.3 is 9.84 Å². The van der Waals surface area contributed by atoms with Crippen LogP contribution in [0.2, 0.25) is 0 Å². The lowest BCUT2D eigenvalue weighted by atomic mass is 9.97. The van der Waals surface area contributed by atoms with Crippen LogP contribution in [-0.2, 0) is 12.8 Å². The molecule has 2 aromatic carbocycles. The summed E-state index contributed by atoms with van der Waals surface area (Å²) in [4.78, 5) is 4.24. The van der Waals surface area contributed by atoms with E-state index in [4.69, 9.17) is 10.00 Å². The van der Waals surface area contributed by atoms with Crippen molar-refractivity contribution in [1.82, 2.24) is 4.98 Å². The fourth-order valence-corrected chi connectivity index (χ4v) is 2.97. The maximum absolute atomic E-state index is 14.2. The number of aromatic hydroxyl groups is 1. The third-order valence-corrected chi connectivity index (χ3v) is 4.21. The van der Waals surface area contributed by atoms with Crippen molar-refractivity contribution < 1.29 is 23.0 Å².